The summed E-state index contributed by atoms with van der Waals surface area (Å²) in [5, 5.41) is 9.73. The molecule has 0 spiro atoms. The summed E-state index contributed by atoms with van der Waals surface area (Å²) in [7, 11) is 1.58. The number of rotatable bonds is 9. The zero-order valence-electron chi connectivity index (χ0n) is 11.9. The average molecular weight is 359 g/mol. The van der Waals surface area contributed by atoms with Crippen molar-refractivity contribution in [1.82, 2.24) is 15.1 Å². The molecule has 0 fully saturated rings. The number of anilines is 1. The SMILES string of the molecule is C=CCn1ncc(NCCC(=O)NCCOC)c(Br)c1=O. The number of ether oxygens (including phenoxy) is 1. The van der Waals surface area contributed by atoms with Crippen LogP contribution >= 0.6 is 15.9 Å². The van der Waals surface area contributed by atoms with Crippen LogP contribution < -0.4 is 16.2 Å². The van der Waals surface area contributed by atoms with Crippen LogP contribution in [0.15, 0.2) is 28.1 Å². The van der Waals surface area contributed by atoms with E-state index in [0.29, 0.717) is 42.8 Å². The Morgan fingerprint density at radius 2 is 2.33 bits per heavy atom. The summed E-state index contributed by atoms with van der Waals surface area (Å²) in [4.78, 5) is 23.4. The van der Waals surface area contributed by atoms with Gasteiger partial charge in [-0.2, -0.15) is 5.10 Å². The van der Waals surface area contributed by atoms with Crippen LogP contribution in [0.3, 0.4) is 0 Å². The Morgan fingerprint density at radius 1 is 1.57 bits per heavy atom. The number of hydrogen-bond acceptors (Lipinski definition) is 5. The van der Waals surface area contributed by atoms with E-state index in [4.69, 9.17) is 4.74 Å². The molecule has 1 heterocycles. The molecule has 0 aliphatic heterocycles. The monoisotopic (exact) mass is 358 g/mol. The van der Waals surface area contributed by atoms with Crippen molar-refractivity contribution >= 4 is 27.5 Å². The van der Waals surface area contributed by atoms with E-state index in [1.807, 2.05) is 0 Å². The molecule has 0 aromatic carbocycles. The molecule has 2 N–H and O–H groups in total. The lowest BCUT2D eigenvalue weighted by Crippen LogP contribution is -2.29. The number of methoxy groups -OCH3 is 1. The highest BCUT2D eigenvalue weighted by Crippen LogP contribution is 2.15. The van der Waals surface area contributed by atoms with E-state index in [1.165, 1.54) is 10.9 Å². The quantitative estimate of drug-likeness (QED) is 0.502. The number of carbonyl (C=O) groups is 1. The van der Waals surface area contributed by atoms with Gasteiger partial charge in [0, 0.05) is 26.6 Å². The molecule has 0 saturated heterocycles. The molecular weight excluding hydrogens is 340 g/mol. The molecule has 116 valence electrons. The molecule has 21 heavy (non-hydrogen) atoms. The zero-order chi connectivity index (χ0) is 15.7. The third kappa shape index (κ3) is 5.68. The maximum absolute atomic E-state index is 11.9. The lowest BCUT2D eigenvalue weighted by Gasteiger charge is -2.09. The maximum Gasteiger partial charge on any atom is 0.283 e. The van der Waals surface area contributed by atoms with Gasteiger partial charge in [0.05, 0.1) is 25.0 Å². The van der Waals surface area contributed by atoms with Crippen LogP contribution in [-0.2, 0) is 16.1 Å². The van der Waals surface area contributed by atoms with Gasteiger partial charge in [-0.3, -0.25) is 9.59 Å². The van der Waals surface area contributed by atoms with Gasteiger partial charge in [-0.25, -0.2) is 4.68 Å². The number of nitrogens with zero attached hydrogens (tertiary/aromatic N) is 2. The van der Waals surface area contributed by atoms with Gasteiger partial charge in [-0.1, -0.05) is 6.08 Å². The number of carbonyl (C=O) groups excluding carboxylic acids is 1. The van der Waals surface area contributed by atoms with Crippen molar-refractivity contribution in [2.45, 2.75) is 13.0 Å². The fraction of sp³-hybridized carbons (Fsp3) is 0.462. The first-order valence-corrected chi connectivity index (χ1v) is 7.25. The molecule has 7 nitrogen and oxygen atoms in total. The van der Waals surface area contributed by atoms with Gasteiger partial charge < -0.3 is 15.4 Å². The van der Waals surface area contributed by atoms with Crippen molar-refractivity contribution in [2.75, 3.05) is 32.1 Å². The minimum atomic E-state index is -0.246. The molecule has 1 aromatic heterocycles. The molecule has 1 amide bonds. The first-order chi connectivity index (χ1) is 10.1. The number of hydrogen-bond donors (Lipinski definition) is 2. The lowest BCUT2D eigenvalue weighted by atomic mass is 10.3. The number of allylic oxidation sites excluding steroid dienone is 1. The fourth-order valence-electron chi connectivity index (χ4n) is 1.53. The van der Waals surface area contributed by atoms with Gasteiger partial charge in [-0.15, -0.1) is 6.58 Å². The van der Waals surface area contributed by atoms with E-state index in [9.17, 15) is 9.59 Å². The Balaban J connectivity index is 2.49. The standard InChI is InChI=1S/C13H19BrN4O3/c1-3-7-18-13(20)12(14)10(9-17-18)15-5-4-11(19)16-6-8-21-2/h3,9,15H,1,4-8H2,2H3,(H,16,19). The predicted octanol–water partition coefficient (Wildman–Crippen LogP) is 0.756. The summed E-state index contributed by atoms with van der Waals surface area (Å²) >= 11 is 3.23. The molecule has 1 aromatic rings. The summed E-state index contributed by atoms with van der Waals surface area (Å²) in [6.07, 6.45) is 3.43. The molecule has 0 bridgehead atoms. The van der Waals surface area contributed by atoms with Crippen LogP contribution in [0.2, 0.25) is 0 Å². The summed E-state index contributed by atoms with van der Waals surface area (Å²) in [5.74, 6) is -0.0800. The number of nitrogens with one attached hydrogen (secondary N) is 2. The van der Waals surface area contributed by atoms with Crippen LogP contribution in [-0.4, -0.2) is 42.5 Å². The van der Waals surface area contributed by atoms with Gasteiger partial charge >= 0.3 is 0 Å². The molecule has 0 radical (unpaired) electrons. The van der Waals surface area contributed by atoms with Gasteiger partial charge in [-0.05, 0) is 15.9 Å². The van der Waals surface area contributed by atoms with Crippen molar-refractivity contribution < 1.29 is 9.53 Å². The predicted molar refractivity (Wildman–Crippen MR) is 84.4 cm³/mol. The van der Waals surface area contributed by atoms with E-state index in [0.717, 1.165) is 0 Å². The second-order valence-corrected chi connectivity index (χ2v) is 4.96. The molecule has 0 atom stereocenters. The number of aromatic nitrogens is 2. The molecule has 1 rings (SSSR count). The van der Waals surface area contributed by atoms with Crippen LogP contribution in [0, 0.1) is 0 Å². The summed E-state index contributed by atoms with van der Waals surface area (Å²) < 4.78 is 6.52. The second kappa shape index (κ2) is 9.30. The van der Waals surface area contributed by atoms with Crippen LogP contribution in [0.4, 0.5) is 5.69 Å². The van der Waals surface area contributed by atoms with Gasteiger partial charge in [0.1, 0.15) is 4.47 Å². The number of amides is 1. The highest BCUT2D eigenvalue weighted by atomic mass is 79.9. The highest BCUT2D eigenvalue weighted by Gasteiger charge is 2.08. The Bertz CT molecular complexity index is 545. The topological polar surface area (TPSA) is 85.2 Å². The van der Waals surface area contributed by atoms with Crippen molar-refractivity contribution in [1.29, 1.82) is 0 Å². The minimum Gasteiger partial charge on any atom is -0.383 e. The normalized spacial score (nSPS) is 10.2. The zero-order valence-corrected chi connectivity index (χ0v) is 13.5. The molecule has 0 aliphatic carbocycles. The second-order valence-electron chi connectivity index (χ2n) is 4.17. The molecular formula is C13H19BrN4O3. The molecule has 0 aliphatic rings. The third-order valence-electron chi connectivity index (χ3n) is 2.58. The van der Waals surface area contributed by atoms with Crippen molar-refractivity contribution in [2.24, 2.45) is 0 Å². The Labute approximate surface area is 131 Å². The minimum absolute atomic E-state index is 0.0800. The van der Waals surface area contributed by atoms with Crippen LogP contribution in [0.25, 0.3) is 0 Å². The third-order valence-corrected chi connectivity index (χ3v) is 3.35. The Hall–Kier alpha value is -1.67. The summed E-state index contributed by atoms with van der Waals surface area (Å²) in [6.45, 7) is 5.28. The average Bonchev–Trinajstić information content (AvgIpc) is 2.47. The Morgan fingerprint density at radius 3 is 3.00 bits per heavy atom. The Kier molecular flexibility index (Phi) is 7.70. The summed E-state index contributed by atoms with van der Waals surface area (Å²) in [5.41, 5.74) is 0.314. The molecule has 0 saturated carbocycles. The van der Waals surface area contributed by atoms with Crippen LogP contribution in [0.5, 0.6) is 0 Å². The molecule has 8 heteroatoms. The largest absolute Gasteiger partial charge is 0.383 e. The van der Waals surface area contributed by atoms with Crippen molar-refractivity contribution in [3.63, 3.8) is 0 Å². The maximum atomic E-state index is 11.9. The lowest BCUT2D eigenvalue weighted by molar-refractivity contribution is -0.121. The highest BCUT2D eigenvalue weighted by molar-refractivity contribution is 9.10. The van der Waals surface area contributed by atoms with E-state index in [2.05, 4.69) is 38.2 Å². The van der Waals surface area contributed by atoms with Crippen molar-refractivity contribution in [3.05, 3.63) is 33.7 Å². The van der Waals surface area contributed by atoms with Crippen molar-refractivity contribution in [3.8, 4) is 0 Å². The number of halogens is 1. The van der Waals surface area contributed by atoms with Gasteiger partial charge in [0.25, 0.3) is 5.56 Å². The van der Waals surface area contributed by atoms with E-state index >= 15 is 0 Å². The van der Waals surface area contributed by atoms with Gasteiger partial charge in [0.2, 0.25) is 5.91 Å². The van der Waals surface area contributed by atoms with E-state index in [1.54, 1.807) is 13.2 Å². The molecule has 0 unspecified atom stereocenters. The smallest absolute Gasteiger partial charge is 0.283 e. The summed E-state index contributed by atoms with van der Waals surface area (Å²) in [6, 6.07) is 0. The fourth-order valence-corrected chi connectivity index (χ4v) is 1.98. The van der Waals surface area contributed by atoms with Gasteiger partial charge in [0.15, 0.2) is 0 Å². The van der Waals surface area contributed by atoms with E-state index in [-0.39, 0.29) is 11.5 Å². The first-order valence-electron chi connectivity index (χ1n) is 6.46. The van der Waals surface area contributed by atoms with Crippen LogP contribution in [0.1, 0.15) is 6.42 Å². The first kappa shape index (κ1) is 17.4. The van der Waals surface area contributed by atoms with E-state index < -0.39 is 0 Å².